The standard InChI is InChI=1S/C17H19N5O/c1-11-14-10-19-22(15-4-2-3-9-23-15)17(14)21-16(20-11)12-5-7-13(18)8-6-12/h5-8,10,15H,2-4,9,18H2,1H3. The number of hydrogen-bond acceptors (Lipinski definition) is 5. The van der Waals surface area contributed by atoms with Gasteiger partial charge in [0.15, 0.2) is 17.7 Å². The topological polar surface area (TPSA) is 78.9 Å². The normalized spacial score (nSPS) is 18.4. The molecule has 23 heavy (non-hydrogen) atoms. The van der Waals surface area contributed by atoms with E-state index in [1.165, 1.54) is 0 Å². The van der Waals surface area contributed by atoms with Gasteiger partial charge in [-0.1, -0.05) is 0 Å². The fourth-order valence-electron chi connectivity index (χ4n) is 2.96. The van der Waals surface area contributed by atoms with Gasteiger partial charge in [-0.3, -0.25) is 0 Å². The molecule has 0 saturated carbocycles. The predicted molar refractivity (Wildman–Crippen MR) is 88.7 cm³/mol. The number of nitrogens with two attached hydrogens (primary N) is 1. The Morgan fingerprint density at radius 2 is 2.00 bits per heavy atom. The summed E-state index contributed by atoms with van der Waals surface area (Å²) in [6.45, 7) is 2.76. The Balaban J connectivity index is 1.82. The first-order valence-corrected chi connectivity index (χ1v) is 7.92. The Hall–Kier alpha value is -2.47. The van der Waals surface area contributed by atoms with Crippen LogP contribution in [0.3, 0.4) is 0 Å². The maximum absolute atomic E-state index is 5.86. The first-order chi connectivity index (χ1) is 11.2. The minimum atomic E-state index is -0.0326. The molecule has 0 amide bonds. The van der Waals surface area contributed by atoms with E-state index in [2.05, 4.69) is 10.1 Å². The van der Waals surface area contributed by atoms with Gasteiger partial charge in [-0.05, 0) is 50.5 Å². The molecule has 2 aromatic heterocycles. The van der Waals surface area contributed by atoms with E-state index in [0.717, 1.165) is 53.8 Å². The molecular weight excluding hydrogens is 290 g/mol. The van der Waals surface area contributed by atoms with E-state index in [1.54, 1.807) is 0 Å². The van der Waals surface area contributed by atoms with Crippen LogP contribution in [0.15, 0.2) is 30.5 Å². The molecule has 6 nitrogen and oxygen atoms in total. The summed E-state index contributed by atoms with van der Waals surface area (Å²) in [7, 11) is 0. The molecule has 1 atom stereocenters. The van der Waals surface area contributed by atoms with Gasteiger partial charge in [0.05, 0.1) is 17.3 Å². The molecule has 118 valence electrons. The fraction of sp³-hybridized carbons (Fsp3) is 0.353. The molecule has 1 aromatic carbocycles. The van der Waals surface area contributed by atoms with Gasteiger partial charge in [0.2, 0.25) is 0 Å². The van der Waals surface area contributed by atoms with Crippen molar-refractivity contribution in [3.05, 3.63) is 36.2 Å². The SMILES string of the molecule is Cc1nc(-c2ccc(N)cc2)nc2c1cnn2C1CCCCO1. The van der Waals surface area contributed by atoms with Crippen LogP contribution >= 0.6 is 0 Å². The second-order valence-corrected chi connectivity index (χ2v) is 5.90. The van der Waals surface area contributed by atoms with Crippen LogP contribution < -0.4 is 5.73 Å². The Bertz CT molecular complexity index is 834. The van der Waals surface area contributed by atoms with Crippen molar-refractivity contribution in [2.24, 2.45) is 0 Å². The Kier molecular flexibility index (Phi) is 3.46. The quantitative estimate of drug-likeness (QED) is 0.736. The van der Waals surface area contributed by atoms with Crippen molar-refractivity contribution in [1.29, 1.82) is 0 Å². The first-order valence-electron chi connectivity index (χ1n) is 7.92. The van der Waals surface area contributed by atoms with Crippen LogP contribution in [0.5, 0.6) is 0 Å². The van der Waals surface area contributed by atoms with E-state index >= 15 is 0 Å². The van der Waals surface area contributed by atoms with Crippen LogP contribution in [0.4, 0.5) is 5.69 Å². The summed E-state index contributed by atoms with van der Waals surface area (Å²) in [4.78, 5) is 9.35. The molecule has 6 heteroatoms. The minimum Gasteiger partial charge on any atom is -0.399 e. The average molecular weight is 309 g/mol. The molecule has 1 unspecified atom stereocenters. The zero-order valence-corrected chi connectivity index (χ0v) is 13.1. The first kappa shape index (κ1) is 14.1. The highest BCUT2D eigenvalue weighted by Gasteiger charge is 2.20. The molecule has 0 bridgehead atoms. The van der Waals surface area contributed by atoms with E-state index in [9.17, 15) is 0 Å². The summed E-state index contributed by atoms with van der Waals surface area (Å²) in [5.41, 5.74) is 9.18. The molecule has 1 saturated heterocycles. The second-order valence-electron chi connectivity index (χ2n) is 5.90. The highest BCUT2D eigenvalue weighted by atomic mass is 16.5. The van der Waals surface area contributed by atoms with Gasteiger partial charge in [-0.15, -0.1) is 0 Å². The van der Waals surface area contributed by atoms with Crippen LogP contribution in [-0.2, 0) is 4.74 Å². The Morgan fingerprint density at radius 1 is 1.17 bits per heavy atom. The Labute approximate surface area is 134 Å². The van der Waals surface area contributed by atoms with Crippen molar-refractivity contribution in [2.75, 3.05) is 12.3 Å². The summed E-state index contributed by atoms with van der Waals surface area (Å²) < 4.78 is 7.75. The summed E-state index contributed by atoms with van der Waals surface area (Å²) in [6.07, 6.45) is 5.03. The lowest BCUT2D eigenvalue weighted by atomic mass is 10.2. The summed E-state index contributed by atoms with van der Waals surface area (Å²) in [6, 6.07) is 7.60. The second kappa shape index (κ2) is 5.62. The third-order valence-electron chi connectivity index (χ3n) is 4.24. The van der Waals surface area contributed by atoms with E-state index in [-0.39, 0.29) is 6.23 Å². The number of nitrogen functional groups attached to an aromatic ring is 1. The van der Waals surface area contributed by atoms with Gasteiger partial charge >= 0.3 is 0 Å². The van der Waals surface area contributed by atoms with Gasteiger partial charge in [0.1, 0.15) is 0 Å². The van der Waals surface area contributed by atoms with Gasteiger partial charge < -0.3 is 10.5 Å². The molecule has 3 heterocycles. The van der Waals surface area contributed by atoms with Crippen molar-refractivity contribution >= 4 is 16.7 Å². The monoisotopic (exact) mass is 309 g/mol. The lowest BCUT2D eigenvalue weighted by molar-refractivity contribution is -0.0370. The molecule has 0 aliphatic carbocycles. The molecule has 0 radical (unpaired) electrons. The number of hydrogen-bond donors (Lipinski definition) is 1. The van der Waals surface area contributed by atoms with Gasteiger partial charge in [0.25, 0.3) is 0 Å². The molecule has 2 N–H and O–H groups in total. The molecule has 1 aliphatic heterocycles. The van der Waals surface area contributed by atoms with Crippen LogP contribution in [0.25, 0.3) is 22.4 Å². The number of fused-ring (bicyclic) bond motifs is 1. The van der Waals surface area contributed by atoms with Gasteiger partial charge in [-0.25, -0.2) is 14.6 Å². The minimum absolute atomic E-state index is 0.0326. The molecule has 0 spiro atoms. The van der Waals surface area contributed by atoms with E-state index in [0.29, 0.717) is 5.82 Å². The molecule has 1 fully saturated rings. The highest BCUT2D eigenvalue weighted by molar-refractivity contribution is 5.79. The smallest absolute Gasteiger partial charge is 0.164 e. The molecule has 1 aliphatic rings. The van der Waals surface area contributed by atoms with Crippen LogP contribution in [0.1, 0.15) is 31.2 Å². The number of rotatable bonds is 2. The van der Waals surface area contributed by atoms with E-state index in [4.69, 9.17) is 15.5 Å². The third-order valence-corrected chi connectivity index (χ3v) is 4.24. The summed E-state index contributed by atoms with van der Waals surface area (Å²) in [5.74, 6) is 0.688. The maximum atomic E-state index is 5.86. The predicted octanol–water partition coefficient (Wildman–Crippen LogP) is 3.08. The zero-order chi connectivity index (χ0) is 15.8. The Morgan fingerprint density at radius 3 is 2.74 bits per heavy atom. The number of ether oxygens (including phenoxy) is 1. The number of anilines is 1. The summed E-state index contributed by atoms with van der Waals surface area (Å²) in [5, 5.41) is 5.47. The number of benzene rings is 1. The van der Waals surface area contributed by atoms with Crippen LogP contribution in [0.2, 0.25) is 0 Å². The van der Waals surface area contributed by atoms with E-state index < -0.39 is 0 Å². The summed E-state index contributed by atoms with van der Waals surface area (Å²) >= 11 is 0. The van der Waals surface area contributed by atoms with Crippen molar-refractivity contribution in [2.45, 2.75) is 32.4 Å². The zero-order valence-electron chi connectivity index (χ0n) is 13.1. The van der Waals surface area contributed by atoms with Crippen molar-refractivity contribution in [1.82, 2.24) is 19.7 Å². The average Bonchev–Trinajstić information content (AvgIpc) is 3.01. The number of nitrogens with zero attached hydrogens (tertiary/aromatic N) is 4. The van der Waals surface area contributed by atoms with Crippen LogP contribution in [-0.4, -0.2) is 26.4 Å². The molecular formula is C17H19N5O. The van der Waals surface area contributed by atoms with Gasteiger partial charge in [-0.2, -0.15) is 5.10 Å². The molecule has 4 rings (SSSR count). The molecule has 3 aromatic rings. The van der Waals surface area contributed by atoms with E-state index in [1.807, 2.05) is 42.1 Å². The third kappa shape index (κ3) is 2.55. The van der Waals surface area contributed by atoms with Crippen molar-refractivity contribution in [3.8, 4) is 11.4 Å². The fourth-order valence-corrected chi connectivity index (χ4v) is 2.96. The van der Waals surface area contributed by atoms with Gasteiger partial charge in [0, 0.05) is 17.9 Å². The van der Waals surface area contributed by atoms with Crippen LogP contribution in [0, 0.1) is 6.92 Å². The maximum Gasteiger partial charge on any atom is 0.164 e. The number of aryl methyl sites for hydroxylation is 1. The van der Waals surface area contributed by atoms with Crippen molar-refractivity contribution < 1.29 is 4.74 Å². The largest absolute Gasteiger partial charge is 0.399 e. The van der Waals surface area contributed by atoms with Crippen molar-refractivity contribution in [3.63, 3.8) is 0 Å². The number of aromatic nitrogens is 4. The lowest BCUT2D eigenvalue weighted by Crippen LogP contribution is -2.19. The highest BCUT2D eigenvalue weighted by Crippen LogP contribution is 2.27. The lowest BCUT2D eigenvalue weighted by Gasteiger charge is -2.23.